The number of anilines is 1. The van der Waals surface area contributed by atoms with Crippen molar-refractivity contribution in [3.8, 4) is 6.07 Å². The molecule has 0 spiro atoms. The van der Waals surface area contributed by atoms with Crippen molar-refractivity contribution in [1.29, 1.82) is 5.26 Å². The van der Waals surface area contributed by atoms with Gasteiger partial charge in [-0.15, -0.1) is 0 Å². The lowest BCUT2D eigenvalue weighted by atomic mass is 9.83. The second kappa shape index (κ2) is 9.08. The van der Waals surface area contributed by atoms with Crippen molar-refractivity contribution in [3.05, 3.63) is 29.8 Å². The van der Waals surface area contributed by atoms with Crippen LogP contribution < -0.4 is 10.2 Å². The van der Waals surface area contributed by atoms with Crippen LogP contribution in [0.2, 0.25) is 0 Å². The minimum Gasteiger partial charge on any atom is -0.455 e. The third kappa shape index (κ3) is 4.76. The Morgan fingerprint density at radius 3 is 2.69 bits per heavy atom. The van der Waals surface area contributed by atoms with Crippen molar-refractivity contribution in [1.82, 2.24) is 5.32 Å². The molecule has 0 bridgehead atoms. The maximum atomic E-state index is 12.4. The minimum absolute atomic E-state index is 0.0701. The van der Waals surface area contributed by atoms with E-state index in [1.165, 1.54) is 0 Å². The number of nitrogens with one attached hydrogen (secondary N) is 1. The quantitative estimate of drug-likeness (QED) is 0.744. The number of hydrogen-bond donors (Lipinski definition) is 1. The molecule has 7 nitrogen and oxygen atoms in total. The Hall–Kier alpha value is -2.88. The number of aryl methyl sites for hydroxylation is 1. The predicted octanol–water partition coefficient (Wildman–Crippen LogP) is 2.49. The third-order valence-corrected chi connectivity index (χ3v) is 5.77. The van der Waals surface area contributed by atoms with Crippen LogP contribution in [0.3, 0.4) is 0 Å². The lowest BCUT2D eigenvalue weighted by Crippen LogP contribution is -2.50. The molecule has 1 saturated carbocycles. The van der Waals surface area contributed by atoms with E-state index >= 15 is 0 Å². The largest absolute Gasteiger partial charge is 0.455 e. The van der Waals surface area contributed by atoms with E-state index in [4.69, 9.17) is 4.74 Å². The Balaban J connectivity index is 1.54. The van der Waals surface area contributed by atoms with Gasteiger partial charge in [0.15, 0.2) is 6.61 Å². The number of benzene rings is 1. The molecular formula is C22H27N3O4. The van der Waals surface area contributed by atoms with Gasteiger partial charge in [0.05, 0.1) is 12.0 Å². The van der Waals surface area contributed by atoms with Gasteiger partial charge in [-0.2, -0.15) is 5.26 Å². The number of carbonyl (C=O) groups is 3. The van der Waals surface area contributed by atoms with Crippen LogP contribution in [0.5, 0.6) is 0 Å². The van der Waals surface area contributed by atoms with E-state index in [1.54, 1.807) is 4.90 Å². The highest BCUT2D eigenvalue weighted by molar-refractivity contribution is 6.00. The van der Waals surface area contributed by atoms with Gasteiger partial charge in [-0.25, -0.2) is 0 Å². The van der Waals surface area contributed by atoms with Gasteiger partial charge >= 0.3 is 5.97 Å². The molecule has 0 unspecified atom stereocenters. The number of ether oxygens (including phenoxy) is 1. The van der Waals surface area contributed by atoms with Crippen LogP contribution in [0.4, 0.5) is 5.69 Å². The lowest BCUT2D eigenvalue weighted by Gasteiger charge is -2.31. The molecule has 1 aromatic carbocycles. The van der Waals surface area contributed by atoms with E-state index in [0.29, 0.717) is 12.8 Å². The van der Waals surface area contributed by atoms with Gasteiger partial charge in [0.25, 0.3) is 5.91 Å². The zero-order valence-corrected chi connectivity index (χ0v) is 16.8. The number of carbonyl (C=O) groups excluding carboxylic acids is 3. The van der Waals surface area contributed by atoms with Gasteiger partial charge in [-0.1, -0.05) is 44.4 Å². The van der Waals surface area contributed by atoms with Gasteiger partial charge in [-0.05, 0) is 30.9 Å². The average Bonchev–Trinajstić information content (AvgIpc) is 3.14. The smallest absolute Gasteiger partial charge is 0.311 e. The molecule has 29 heavy (non-hydrogen) atoms. The summed E-state index contributed by atoms with van der Waals surface area (Å²) in [6, 6.07) is 9.85. The first kappa shape index (κ1) is 20.8. The molecule has 1 heterocycles. The molecule has 1 aliphatic heterocycles. The van der Waals surface area contributed by atoms with E-state index in [9.17, 15) is 19.6 Å². The number of amides is 2. The summed E-state index contributed by atoms with van der Waals surface area (Å²) >= 11 is 0. The standard InChI is InChI=1S/C22H27N3O4/c1-2-16-8-4-5-9-18(16)25-13-17(12-20(25)27)21(28)29-14-19(26)24-22(15-23)10-6-3-7-11-22/h4-5,8-9,17H,2-3,6-7,10-14H2,1H3,(H,24,26)/t17-/m1/s1. The van der Waals surface area contributed by atoms with E-state index in [-0.39, 0.29) is 18.9 Å². The molecule has 154 valence electrons. The van der Waals surface area contributed by atoms with E-state index < -0.39 is 29.9 Å². The zero-order valence-electron chi connectivity index (χ0n) is 16.8. The Labute approximate surface area is 171 Å². The molecule has 2 fully saturated rings. The molecule has 1 aromatic rings. The van der Waals surface area contributed by atoms with Crippen LogP contribution in [-0.4, -0.2) is 36.5 Å². The highest BCUT2D eigenvalue weighted by Gasteiger charge is 2.38. The fourth-order valence-electron chi connectivity index (χ4n) is 4.15. The highest BCUT2D eigenvalue weighted by Crippen LogP contribution is 2.29. The van der Waals surface area contributed by atoms with Crippen LogP contribution in [0.15, 0.2) is 24.3 Å². The van der Waals surface area contributed by atoms with Gasteiger partial charge < -0.3 is 15.0 Å². The van der Waals surface area contributed by atoms with Gasteiger partial charge in [0.2, 0.25) is 5.91 Å². The van der Waals surface area contributed by atoms with Crippen molar-refractivity contribution in [2.45, 2.75) is 57.4 Å². The Kier molecular flexibility index (Phi) is 6.53. The van der Waals surface area contributed by atoms with Crippen LogP contribution in [0.25, 0.3) is 0 Å². The molecule has 2 aliphatic rings. The first-order chi connectivity index (χ1) is 14.0. The van der Waals surface area contributed by atoms with Gasteiger partial charge in [0.1, 0.15) is 5.54 Å². The predicted molar refractivity (Wildman–Crippen MR) is 107 cm³/mol. The van der Waals surface area contributed by atoms with Crippen molar-refractivity contribution < 1.29 is 19.1 Å². The van der Waals surface area contributed by atoms with E-state index in [1.807, 2.05) is 31.2 Å². The van der Waals surface area contributed by atoms with Gasteiger partial charge in [0, 0.05) is 18.7 Å². The average molecular weight is 397 g/mol. The minimum atomic E-state index is -0.855. The summed E-state index contributed by atoms with van der Waals surface area (Å²) in [6.45, 7) is 1.83. The number of rotatable bonds is 6. The second-order valence-corrected chi connectivity index (χ2v) is 7.80. The lowest BCUT2D eigenvalue weighted by molar-refractivity contribution is -0.152. The molecule has 1 N–H and O–H groups in total. The molecule has 0 radical (unpaired) electrons. The highest BCUT2D eigenvalue weighted by atomic mass is 16.5. The number of nitrogens with zero attached hydrogens (tertiary/aromatic N) is 2. The van der Waals surface area contributed by atoms with Crippen LogP contribution in [0.1, 0.15) is 51.0 Å². The number of nitriles is 1. The molecule has 0 aromatic heterocycles. The Bertz CT molecular complexity index is 824. The Morgan fingerprint density at radius 1 is 1.28 bits per heavy atom. The zero-order chi connectivity index (χ0) is 20.9. The summed E-state index contributed by atoms with van der Waals surface area (Å²) in [5, 5.41) is 12.2. The first-order valence-electron chi connectivity index (χ1n) is 10.2. The molecule has 3 rings (SSSR count). The summed E-state index contributed by atoms with van der Waals surface area (Å²) < 4.78 is 5.17. The maximum absolute atomic E-state index is 12.4. The molecule has 7 heteroatoms. The first-order valence-corrected chi connectivity index (χ1v) is 10.2. The topological polar surface area (TPSA) is 99.5 Å². The van der Waals surface area contributed by atoms with Crippen molar-refractivity contribution >= 4 is 23.5 Å². The molecule has 2 amide bonds. The molecular weight excluding hydrogens is 370 g/mol. The summed E-state index contributed by atoms with van der Waals surface area (Å²) in [5.41, 5.74) is 1.01. The second-order valence-electron chi connectivity index (χ2n) is 7.80. The van der Waals surface area contributed by atoms with Crippen LogP contribution in [0, 0.1) is 17.2 Å². The van der Waals surface area contributed by atoms with Crippen LogP contribution >= 0.6 is 0 Å². The molecule has 1 saturated heterocycles. The number of para-hydroxylation sites is 1. The summed E-state index contributed by atoms with van der Waals surface area (Å²) in [4.78, 5) is 38.7. The van der Waals surface area contributed by atoms with E-state index in [0.717, 1.165) is 36.9 Å². The normalized spacial score (nSPS) is 20.8. The maximum Gasteiger partial charge on any atom is 0.311 e. The van der Waals surface area contributed by atoms with Crippen molar-refractivity contribution in [3.63, 3.8) is 0 Å². The summed E-state index contributed by atoms with van der Waals surface area (Å²) in [6.07, 6.45) is 4.94. The Morgan fingerprint density at radius 2 is 2.00 bits per heavy atom. The fraction of sp³-hybridized carbons (Fsp3) is 0.545. The third-order valence-electron chi connectivity index (χ3n) is 5.77. The monoisotopic (exact) mass is 397 g/mol. The van der Waals surface area contributed by atoms with E-state index in [2.05, 4.69) is 11.4 Å². The number of hydrogen-bond acceptors (Lipinski definition) is 5. The molecule has 1 aliphatic carbocycles. The fourth-order valence-corrected chi connectivity index (χ4v) is 4.15. The van der Waals surface area contributed by atoms with Gasteiger partial charge in [-0.3, -0.25) is 14.4 Å². The van der Waals surface area contributed by atoms with Crippen LogP contribution in [-0.2, 0) is 25.5 Å². The summed E-state index contributed by atoms with van der Waals surface area (Å²) in [7, 11) is 0. The summed E-state index contributed by atoms with van der Waals surface area (Å²) in [5.74, 6) is -1.75. The SMILES string of the molecule is CCc1ccccc1N1C[C@H](C(=O)OCC(=O)NC2(C#N)CCCCC2)CC1=O. The van der Waals surface area contributed by atoms with Crippen molar-refractivity contribution in [2.24, 2.45) is 5.92 Å². The number of esters is 1. The molecule has 1 atom stereocenters. The van der Waals surface area contributed by atoms with Crippen molar-refractivity contribution in [2.75, 3.05) is 18.1 Å².